The van der Waals surface area contributed by atoms with Crippen LogP contribution in [0.15, 0.2) is 22.6 Å². The lowest BCUT2D eigenvalue weighted by atomic mass is 10.0. The molecule has 0 bridgehead atoms. The molecule has 1 heterocycles. The molecule has 0 N–H and O–H groups in total. The highest BCUT2D eigenvalue weighted by atomic mass is 16.6. The normalized spacial score (nSPS) is 10.5. The van der Waals surface area contributed by atoms with E-state index >= 15 is 0 Å². The van der Waals surface area contributed by atoms with E-state index < -0.39 is 4.92 Å². The van der Waals surface area contributed by atoms with Crippen LogP contribution in [0, 0.1) is 17.0 Å². The molecule has 1 aromatic carbocycles. The zero-order valence-corrected chi connectivity index (χ0v) is 12.9. The highest BCUT2D eigenvalue weighted by Gasteiger charge is 2.17. The van der Waals surface area contributed by atoms with Crippen LogP contribution in [0.1, 0.15) is 31.2 Å². The van der Waals surface area contributed by atoms with E-state index in [1.165, 1.54) is 6.07 Å². The molecule has 0 spiro atoms. The number of ether oxygens (including phenoxy) is 1. The summed E-state index contributed by atoms with van der Waals surface area (Å²) >= 11 is 0. The van der Waals surface area contributed by atoms with Crippen molar-refractivity contribution in [2.75, 3.05) is 6.61 Å². The SMILES string of the molecule is CCOC(=O)CCCc1ccc(-c2nnc(C)o2)cc1[N+](=O)[O-]. The number of aryl methyl sites for hydroxylation is 2. The molecule has 0 fully saturated rings. The van der Waals surface area contributed by atoms with Crippen molar-refractivity contribution in [3.63, 3.8) is 0 Å². The molecule has 0 aliphatic heterocycles. The lowest BCUT2D eigenvalue weighted by Crippen LogP contribution is -2.04. The molecular weight excluding hydrogens is 302 g/mol. The fourth-order valence-electron chi connectivity index (χ4n) is 2.15. The zero-order chi connectivity index (χ0) is 16.8. The fraction of sp³-hybridized carbons (Fsp3) is 0.400. The Morgan fingerprint density at radius 3 is 2.78 bits per heavy atom. The van der Waals surface area contributed by atoms with Crippen molar-refractivity contribution >= 4 is 11.7 Å². The number of nitrogens with zero attached hydrogens (tertiary/aromatic N) is 3. The Hall–Kier alpha value is -2.77. The third kappa shape index (κ3) is 4.35. The van der Waals surface area contributed by atoms with Crippen LogP contribution in [0.5, 0.6) is 0 Å². The van der Waals surface area contributed by atoms with Crippen LogP contribution < -0.4 is 0 Å². The number of hydrogen-bond donors (Lipinski definition) is 0. The lowest BCUT2D eigenvalue weighted by molar-refractivity contribution is -0.385. The van der Waals surface area contributed by atoms with Gasteiger partial charge in [0, 0.05) is 30.5 Å². The Labute approximate surface area is 132 Å². The molecule has 0 saturated heterocycles. The highest BCUT2D eigenvalue weighted by molar-refractivity contribution is 5.69. The summed E-state index contributed by atoms with van der Waals surface area (Å²) in [5.74, 6) is 0.331. The second-order valence-electron chi connectivity index (χ2n) is 4.89. The van der Waals surface area contributed by atoms with Gasteiger partial charge in [0.2, 0.25) is 11.8 Å². The summed E-state index contributed by atoms with van der Waals surface area (Å²) in [6, 6.07) is 4.75. The van der Waals surface area contributed by atoms with Gasteiger partial charge in [0.1, 0.15) is 0 Å². The van der Waals surface area contributed by atoms with Crippen LogP contribution >= 0.6 is 0 Å². The standard InChI is InChI=1S/C15H17N3O5/c1-3-22-14(19)6-4-5-11-7-8-12(9-13(11)18(20)21)15-17-16-10(2)23-15/h7-9H,3-6H2,1-2H3. The molecule has 2 aromatic rings. The first kappa shape index (κ1) is 16.6. The minimum atomic E-state index is -0.452. The number of carbonyl (C=O) groups is 1. The van der Waals surface area contributed by atoms with Crippen molar-refractivity contribution in [2.24, 2.45) is 0 Å². The molecule has 1 aromatic heterocycles. The van der Waals surface area contributed by atoms with Gasteiger partial charge in [-0.1, -0.05) is 6.07 Å². The molecule has 0 amide bonds. The fourth-order valence-corrected chi connectivity index (χ4v) is 2.15. The first-order chi connectivity index (χ1) is 11.0. The second-order valence-corrected chi connectivity index (χ2v) is 4.89. The maximum absolute atomic E-state index is 11.3. The third-order valence-corrected chi connectivity index (χ3v) is 3.19. The molecule has 8 nitrogen and oxygen atoms in total. The maximum Gasteiger partial charge on any atom is 0.305 e. The molecule has 0 aliphatic rings. The summed E-state index contributed by atoms with van der Waals surface area (Å²) in [5.41, 5.74) is 1.02. The van der Waals surface area contributed by atoms with Crippen LogP contribution in [-0.2, 0) is 16.0 Å². The Bertz CT molecular complexity index is 711. The molecule has 0 radical (unpaired) electrons. The molecule has 122 valence electrons. The number of esters is 1. The number of aromatic nitrogens is 2. The van der Waals surface area contributed by atoms with Gasteiger partial charge in [-0.05, 0) is 25.8 Å². The van der Waals surface area contributed by atoms with Crippen LogP contribution in [0.3, 0.4) is 0 Å². The number of hydrogen-bond acceptors (Lipinski definition) is 7. The van der Waals surface area contributed by atoms with Crippen molar-refractivity contribution in [3.8, 4) is 11.5 Å². The van der Waals surface area contributed by atoms with Crippen molar-refractivity contribution < 1.29 is 18.9 Å². The van der Waals surface area contributed by atoms with Crippen molar-refractivity contribution in [2.45, 2.75) is 33.1 Å². The molecule has 0 saturated carbocycles. The summed E-state index contributed by atoms with van der Waals surface area (Å²) in [4.78, 5) is 22.1. The Kier molecular flexibility index (Phi) is 5.40. The minimum Gasteiger partial charge on any atom is -0.466 e. The van der Waals surface area contributed by atoms with Gasteiger partial charge in [-0.25, -0.2) is 0 Å². The predicted molar refractivity (Wildman–Crippen MR) is 80.7 cm³/mol. The van der Waals surface area contributed by atoms with E-state index in [2.05, 4.69) is 10.2 Å². The Morgan fingerprint density at radius 2 is 2.17 bits per heavy atom. The molecular formula is C15H17N3O5. The van der Waals surface area contributed by atoms with Gasteiger partial charge in [0.05, 0.1) is 11.5 Å². The molecule has 8 heteroatoms. The summed E-state index contributed by atoms with van der Waals surface area (Å²) in [5, 5.41) is 18.8. The predicted octanol–water partition coefficient (Wildman–Crippen LogP) is 2.84. The van der Waals surface area contributed by atoms with E-state index in [0.29, 0.717) is 36.5 Å². The molecule has 0 unspecified atom stereocenters. The van der Waals surface area contributed by atoms with Gasteiger partial charge in [0.15, 0.2) is 0 Å². The quantitative estimate of drug-likeness (QED) is 0.438. The Balaban J connectivity index is 2.14. The topological polar surface area (TPSA) is 108 Å². The number of rotatable bonds is 7. The summed E-state index contributed by atoms with van der Waals surface area (Å²) in [6.45, 7) is 3.71. The molecule has 0 aliphatic carbocycles. The average Bonchev–Trinajstić information content (AvgIpc) is 2.94. The largest absolute Gasteiger partial charge is 0.466 e. The lowest BCUT2D eigenvalue weighted by Gasteiger charge is -2.05. The first-order valence-corrected chi connectivity index (χ1v) is 7.24. The second kappa shape index (κ2) is 7.48. The van der Waals surface area contributed by atoms with Crippen LogP contribution in [0.4, 0.5) is 5.69 Å². The van der Waals surface area contributed by atoms with Gasteiger partial charge in [-0.2, -0.15) is 0 Å². The van der Waals surface area contributed by atoms with Gasteiger partial charge in [0.25, 0.3) is 5.69 Å². The summed E-state index contributed by atoms with van der Waals surface area (Å²) in [6.07, 6.45) is 1.13. The van der Waals surface area contributed by atoms with E-state index in [0.717, 1.165) is 0 Å². The third-order valence-electron chi connectivity index (χ3n) is 3.19. The molecule has 0 atom stereocenters. The van der Waals surface area contributed by atoms with Crippen LogP contribution in [-0.4, -0.2) is 27.7 Å². The first-order valence-electron chi connectivity index (χ1n) is 7.24. The average molecular weight is 319 g/mol. The van der Waals surface area contributed by atoms with E-state index in [1.807, 2.05) is 0 Å². The zero-order valence-electron chi connectivity index (χ0n) is 12.9. The van der Waals surface area contributed by atoms with Gasteiger partial charge in [-0.3, -0.25) is 14.9 Å². The van der Waals surface area contributed by atoms with Crippen molar-refractivity contribution in [1.29, 1.82) is 0 Å². The minimum absolute atomic E-state index is 0.0257. The van der Waals surface area contributed by atoms with Crippen molar-refractivity contribution in [3.05, 3.63) is 39.8 Å². The van der Waals surface area contributed by atoms with E-state index in [4.69, 9.17) is 9.15 Å². The monoisotopic (exact) mass is 319 g/mol. The number of nitro groups is 1. The highest BCUT2D eigenvalue weighted by Crippen LogP contribution is 2.27. The molecule has 23 heavy (non-hydrogen) atoms. The van der Waals surface area contributed by atoms with Crippen molar-refractivity contribution in [1.82, 2.24) is 10.2 Å². The van der Waals surface area contributed by atoms with Crippen LogP contribution in [0.25, 0.3) is 11.5 Å². The summed E-state index contributed by atoms with van der Waals surface area (Å²) < 4.78 is 10.1. The Morgan fingerprint density at radius 1 is 1.39 bits per heavy atom. The van der Waals surface area contributed by atoms with Gasteiger partial charge >= 0.3 is 5.97 Å². The van der Waals surface area contributed by atoms with Gasteiger partial charge < -0.3 is 9.15 Å². The number of carbonyl (C=O) groups excluding carboxylic acids is 1. The van der Waals surface area contributed by atoms with E-state index in [-0.39, 0.29) is 24.0 Å². The van der Waals surface area contributed by atoms with E-state index in [9.17, 15) is 14.9 Å². The summed E-state index contributed by atoms with van der Waals surface area (Å²) in [7, 11) is 0. The number of nitro benzene ring substituents is 1. The van der Waals surface area contributed by atoms with E-state index in [1.54, 1.807) is 26.0 Å². The van der Waals surface area contributed by atoms with Crippen LogP contribution in [0.2, 0.25) is 0 Å². The maximum atomic E-state index is 11.3. The molecule has 2 rings (SSSR count). The number of benzene rings is 1. The smallest absolute Gasteiger partial charge is 0.305 e. The van der Waals surface area contributed by atoms with Gasteiger partial charge in [-0.15, -0.1) is 10.2 Å².